The monoisotopic (exact) mass is 280 g/mol. The first-order valence-electron chi connectivity index (χ1n) is 5.93. The first-order chi connectivity index (χ1) is 9.36. The lowest BCUT2D eigenvalue weighted by molar-refractivity contribution is -0.385. The molecular formula is C13H16N2O5. The van der Waals surface area contributed by atoms with Gasteiger partial charge in [0.1, 0.15) is 0 Å². The van der Waals surface area contributed by atoms with Gasteiger partial charge in [0, 0.05) is 6.07 Å². The Morgan fingerprint density at radius 1 is 1.25 bits per heavy atom. The van der Waals surface area contributed by atoms with E-state index in [9.17, 15) is 19.7 Å². The third-order valence-electron chi connectivity index (χ3n) is 2.89. The number of ether oxygens (including phenoxy) is 1. The Kier molecular flexibility index (Phi) is 5.33. The van der Waals surface area contributed by atoms with E-state index in [0.717, 1.165) is 11.1 Å². The number of benzene rings is 1. The van der Waals surface area contributed by atoms with Crippen molar-refractivity contribution in [3.63, 3.8) is 0 Å². The number of hydrogen-bond acceptors (Lipinski definition) is 6. The van der Waals surface area contributed by atoms with Gasteiger partial charge in [0.2, 0.25) is 0 Å². The molecule has 7 nitrogen and oxygen atoms in total. The van der Waals surface area contributed by atoms with Crippen molar-refractivity contribution in [2.45, 2.75) is 13.8 Å². The van der Waals surface area contributed by atoms with Gasteiger partial charge in [0.05, 0.1) is 30.7 Å². The molecule has 0 aliphatic rings. The molecule has 1 aromatic carbocycles. The SMILES string of the molecule is COC(=O)CNCC(=O)c1cc(C)c(C)cc1[N+](=O)[O-]. The smallest absolute Gasteiger partial charge is 0.319 e. The topological polar surface area (TPSA) is 98.5 Å². The van der Waals surface area contributed by atoms with E-state index in [0.29, 0.717) is 0 Å². The molecule has 0 spiro atoms. The summed E-state index contributed by atoms with van der Waals surface area (Å²) in [4.78, 5) is 33.3. The van der Waals surface area contributed by atoms with Crippen LogP contribution < -0.4 is 5.32 Å². The van der Waals surface area contributed by atoms with E-state index < -0.39 is 16.7 Å². The van der Waals surface area contributed by atoms with E-state index in [4.69, 9.17) is 0 Å². The van der Waals surface area contributed by atoms with Gasteiger partial charge < -0.3 is 4.74 Å². The maximum Gasteiger partial charge on any atom is 0.319 e. The lowest BCUT2D eigenvalue weighted by Gasteiger charge is -2.07. The number of hydrogen-bond donors (Lipinski definition) is 1. The minimum Gasteiger partial charge on any atom is -0.468 e. The second-order valence-electron chi connectivity index (χ2n) is 4.31. The molecule has 0 fully saturated rings. The van der Waals surface area contributed by atoms with Crippen molar-refractivity contribution in [2.24, 2.45) is 0 Å². The standard InChI is InChI=1S/C13H16N2O5/c1-8-4-10(11(15(18)19)5-9(8)2)12(16)6-14-7-13(17)20-3/h4-5,14H,6-7H2,1-3H3. The Morgan fingerprint density at radius 2 is 1.85 bits per heavy atom. The van der Waals surface area contributed by atoms with E-state index in [1.807, 2.05) is 0 Å². The molecule has 0 radical (unpaired) electrons. The fraction of sp³-hybridized carbons (Fsp3) is 0.385. The van der Waals surface area contributed by atoms with Crippen molar-refractivity contribution in [3.8, 4) is 0 Å². The number of Topliss-reactive ketones (excluding diaryl/α,β-unsaturated/α-hetero) is 1. The van der Waals surface area contributed by atoms with Crippen LogP contribution in [-0.2, 0) is 9.53 Å². The van der Waals surface area contributed by atoms with Crippen molar-refractivity contribution in [3.05, 3.63) is 38.9 Å². The predicted octanol–water partition coefficient (Wildman–Crippen LogP) is 1.16. The maximum absolute atomic E-state index is 12.0. The fourth-order valence-corrected chi connectivity index (χ4v) is 1.62. The summed E-state index contributed by atoms with van der Waals surface area (Å²) in [6.45, 7) is 3.23. The predicted molar refractivity (Wildman–Crippen MR) is 71.8 cm³/mol. The van der Waals surface area contributed by atoms with Gasteiger partial charge in [-0.2, -0.15) is 0 Å². The van der Waals surface area contributed by atoms with Gasteiger partial charge >= 0.3 is 5.97 Å². The Hall–Kier alpha value is -2.28. The first-order valence-corrected chi connectivity index (χ1v) is 5.93. The van der Waals surface area contributed by atoms with Crippen LogP contribution in [0.5, 0.6) is 0 Å². The summed E-state index contributed by atoms with van der Waals surface area (Å²) in [7, 11) is 1.24. The summed E-state index contributed by atoms with van der Waals surface area (Å²) in [5, 5.41) is 13.6. The highest BCUT2D eigenvalue weighted by Gasteiger charge is 2.21. The quantitative estimate of drug-likeness (QED) is 0.363. The van der Waals surface area contributed by atoms with Crippen molar-refractivity contribution in [1.29, 1.82) is 0 Å². The summed E-state index contributed by atoms with van der Waals surface area (Å²) >= 11 is 0. The van der Waals surface area contributed by atoms with Gasteiger partial charge in [0.15, 0.2) is 5.78 Å². The first kappa shape index (κ1) is 15.8. The van der Waals surface area contributed by atoms with Crippen LogP contribution >= 0.6 is 0 Å². The van der Waals surface area contributed by atoms with Crippen LogP contribution in [0.3, 0.4) is 0 Å². The summed E-state index contributed by atoms with van der Waals surface area (Å²) < 4.78 is 4.41. The van der Waals surface area contributed by atoms with E-state index in [1.54, 1.807) is 13.8 Å². The molecule has 108 valence electrons. The minimum absolute atomic E-state index is 0.0375. The molecule has 0 aliphatic carbocycles. The average Bonchev–Trinajstić information content (AvgIpc) is 2.40. The van der Waals surface area contributed by atoms with Crippen LogP contribution in [0, 0.1) is 24.0 Å². The molecule has 0 bridgehead atoms. The number of rotatable bonds is 6. The highest BCUT2D eigenvalue weighted by atomic mass is 16.6. The summed E-state index contributed by atoms with van der Waals surface area (Å²) in [6, 6.07) is 2.87. The van der Waals surface area contributed by atoms with Crippen LogP contribution in [0.1, 0.15) is 21.5 Å². The van der Waals surface area contributed by atoms with Crippen LogP contribution in [0.4, 0.5) is 5.69 Å². The number of nitrogens with zero attached hydrogens (tertiary/aromatic N) is 1. The molecule has 0 saturated carbocycles. The van der Waals surface area contributed by atoms with Crippen LogP contribution in [0.2, 0.25) is 0 Å². The maximum atomic E-state index is 12.0. The zero-order valence-electron chi connectivity index (χ0n) is 11.6. The second kappa shape index (κ2) is 6.76. The molecule has 20 heavy (non-hydrogen) atoms. The number of nitrogens with one attached hydrogen (secondary N) is 1. The van der Waals surface area contributed by atoms with Crippen molar-refractivity contribution < 1.29 is 19.2 Å². The highest BCUT2D eigenvalue weighted by Crippen LogP contribution is 2.23. The molecule has 0 heterocycles. The van der Waals surface area contributed by atoms with Crippen LogP contribution in [0.15, 0.2) is 12.1 Å². The number of carbonyl (C=O) groups is 2. The number of aryl methyl sites for hydroxylation is 2. The molecule has 0 atom stereocenters. The zero-order chi connectivity index (χ0) is 15.3. The molecular weight excluding hydrogens is 264 g/mol. The highest BCUT2D eigenvalue weighted by molar-refractivity contribution is 6.01. The summed E-state index contributed by atoms with van der Waals surface area (Å²) in [6.07, 6.45) is 0. The Labute approximate surface area is 116 Å². The lowest BCUT2D eigenvalue weighted by atomic mass is 10.0. The van der Waals surface area contributed by atoms with E-state index >= 15 is 0 Å². The van der Waals surface area contributed by atoms with Gasteiger partial charge in [-0.15, -0.1) is 0 Å². The third kappa shape index (κ3) is 3.86. The van der Waals surface area contributed by atoms with Gasteiger partial charge in [-0.1, -0.05) is 0 Å². The number of carbonyl (C=O) groups excluding carboxylic acids is 2. The largest absolute Gasteiger partial charge is 0.468 e. The normalized spacial score (nSPS) is 10.2. The molecule has 1 rings (SSSR count). The molecule has 0 amide bonds. The number of nitro groups is 1. The molecule has 1 N–H and O–H groups in total. The van der Waals surface area contributed by atoms with E-state index in [-0.39, 0.29) is 24.3 Å². The van der Waals surface area contributed by atoms with Crippen molar-refractivity contribution in [2.75, 3.05) is 20.2 Å². The van der Waals surface area contributed by atoms with E-state index in [1.165, 1.54) is 19.2 Å². The molecule has 0 aromatic heterocycles. The van der Waals surface area contributed by atoms with Crippen molar-refractivity contribution >= 4 is 17.4 Å². The molecule has 7 heteroatoms. The van der Waals surface area contributed by atoms with Gasteiger partial charge in [-0.3, -0.25) is 25.0 Å². The summed E-state index contributed by atoms with van der Waals surface area (Å²) in [5.74, 6) is -0.948. The van der Waals surface area contributed by atoms with Gasteiger partial charge in [0.25, 0.3) is 5.69 Å². The second-order valence-corrected chi connectivity index (χ2v) is 4.31. The van der Waals surface area contributed by atoms with Crippen LogP contribution in [0.25, 0.3) is 0 Å². The number of ketones is 1. The van der Waals surface area contributed by atoms with E-state index in [2.05, 4.69) is 10.1 Å². The average molecular weight is 280 g/mol. The minimum atomic E-state index is -0.583. The third-order valence-corrected chi connectivity index (χ3v) is 2.89. The van der Waals surface area contributed by atoms with Crippen LogP contribution in [-0.4, -0.2) is 36.9 Å². The summed E-state index contributed by atoms with van der Waals surface area (Å²) in [5.41, 5.74) is 1.36. The Bertz CT molecular complexity index is 554. The number of nitro benzene ring substituents is 1. The Morgan fingerprint density at radius 3 is 2.40 bits per heavy atom. The zero-order valence-corrected chi connectivity index (χ0v) is 11.6. The number of methoxy groups -OCH3 is 1. The van der Waals surface area contributed by atoms with Gasteiger partial charge in [-0.25, -0.2) is 0 Å². The molecule has 0 aliphatic heterocycles. The molecule has 0 unspecified atom stereocenters. The van der Waals surface area contributed by atoms with Gasteiger partial charge in [-0.05, 0) is 31.0 Å². The Balaban J connectivity index is 2.89. The lowest BCUT2D eigenvalue weighted by Crippen LogP contribution is -2.29. The number of esters is 1. The van der Waals surface area contributed by atoms with Crippen molar-refractivity contribution in [1.82, 2.24) is 5.32 Å². The molecule has 0 saturated heterocycles. The molecule has 1 aromatic rings. The fourth-order valence-electron chi connectivity index (χ4n) is 1.62.